The van der Waals surface area contributed by atoms with E-state index in [-0.39, 0.29) is 10.9 Å². The Morgan fingerprint density at radius 1 is 1.32 bits per heavy atom. The zero-order valence-electron chi connectivity index (χ0n) is 10.3. The highest BCUT2D eigenvalue weighted by Crippen LogP contribution is 2.19. The molecule has 2 aromatic heterocycles. The van der Waals surface area contributed by atoms with Gasteiger partial charge in [0.25, 0.3) is 0 Å². The Labute approximate surface area is 108 Å². The first-order valence-corrected chi connectivity index (χ1v) is 5.98. The summed E-state index contributed by atoms with van der Waals surface area (Å²) in [4.78, 5) is 16.4. The largest absolute Gasteiger partial charge is 0.454 e. The molecule has 0 atom stereocenters. The lowest BCUT2D eigenvalue weighted by Crippen LogP contribution is -2.04. The number of hydrogen-bond acceptors (Lipinski definition) is 4. The van der Waals surface area contributed by atoms with Crippen LogP contribution in [-0.4, -0.2) is 4.98 Å². The second kappa shape index (κ2) is 4.21. The van der Waals surface area contributed by atoms with E-state index in [9.17, 15) is 4.79 Å². The average molecular weight is 250 g/mol. The van der Waals surface area contributed by atoms with Crippen LogP contribution in [0.15, 0.2) is 39.7 Å². The SMILES string of the molecule is CCc1ccc2oc3cc(C#N)cnc3c(=O)c2c1. The molecule has 0 bridgehead atoms. The minimum Gasteiger partial charge on any atom is -0.454 e. The summed E-state index contributed by atoms with van der Waals surface area (Å²) in [5, 5.41) is 9.37. The Balaban J connectivity index is 2.45. The lowest BCUT2D eigenvalue weighted by atomic mass is 10.1. The number of nitrogens with zero attached hydrogens (tertiary/aromatic N) is 2. The molecule has 0 unspecified atom stereocenters. The fourth-order valence-corrected chi connectivity index (χ4v) is 2.06. The van der Waals surface area contributed by atoms with E-state index in [0.29, 0.717) is 22.1 Å². The first-order valence-electron chi connectivity index (χ1n) is 5.98. The molecule has 4 nitrogen and oxygen atoms in total. The van der Waals surface area contributed by atoms with Crippen LogP contribution in [0.5, 0.6) is 0 Å². The monoisotopic (exact) mass is 250 g/mol. The summed E-state index contributed by atoms with van der Waals surface area (Å²) in [5.74, 6) is 0. The summed E-state index contributed by atoms with van der Waals surface area (Å²) in [6, 6.07) is 9.07. The molecule has 2 heterocycles. The van der Waals surface area contributed by atoms with Gasteiger partial charge in [0.1, 0.15) is 11.7 Å². The van der Waals surface area contributed by atoms with Crippen molar-refractivity contribution in [2.75, 3.05) is 0 Å². The van der Waals surface area contributed by atoms with Crippen molar-refractivity contribution in [2.24, 2.45) is 0 Å². The van der Waals surface area contributed by atoms with Gasteiger partial charge in [-0.1, -0.05) is 13.0 Å². The fraction of sp³-hybridized carbons (Fsp3) is 0.133. The molecular formula is C15H10N2O2. The van der Waals surface area contributed by atoms with E-state index in [1.807, 2.05) is 25.1 Å². The minimum absolute atomic E-state index is 0.156. The standard InChI is InChI=1S/C15H10N2O2/c1-2-9-3-4-12-11(5-9)15(18)14-13(19-12)6-10(7-16)8-17-14/h3-6,8H,2H2,1H3. The molecule has 0 saturated heterocycles. The van der Waals surface area contributed by atoms with Crippen LogP contribution in [0.25, 0.3) is 22.1 Å². The summed E-state index contributed by atoms with van der Waals surface area (Å²) in [6.07, 6.45) is 2.24. The van der Waals surface area contributed by atoms with E-state index >= 15 is 0 Å². The molecule has 0 fully saturated rings. The van der Waals surface area contributed by atoms with Gasteiger partial charge in [0, 0.05) is 12.3 Å². The smallest absolute Gasteiger partial charge is 0.218 e. The maximum atomic E-state index is 12.4. The third-order valence-electron chi connectivity index (χ3n) is 3.11. The molecule has 0 N–H and O–H groups in total. The molecule has 0 aliphatic rings. The van der Waals surface area contributed by atoms with Crippen molar-refractivity contribution >= 4 is 22.1 Å². The quantitative estimate of drug-likeness (QED) is 0.623. The molecule has 0 amide bonds. The average Bonchev–Trinajstić information content (AvgIpc) is 2.46. The molecule has 0 saturated carbocycles. The first kappa shape index (κ1) is 11.4. The molecule has 0 radical (unpaired) electrons. The molecule has 0 aliphatic carbocycles. The minimum atomic E-state index is -0.156. The molecule has 3 rings (SSSR count). The summed E-state index contributed by atoms with van der Waals surface area (Å²) < 4.78 is 5.66. The summed E-state index contributed by atoms with van der Waals surface area (Å²) in [5.41, 5.74) is 2.43. The first-order chi connectivity index (χ1) is 9.22. The van der Waals surface area contributed by atoms with Gasteiger partial charge in [0.2, 0.25) is 5.43 Å². The van der Waals surface area contributed by atoms with Gasteiger partial charge in [0.15, 0.2) is 11.1 Å². The van der Waals surface area contributed by atoms with E-state index in [2.05, 4.69) is 4.98 Å². The van der Waals surface area contributed by atoms with Crippen LogP contribution in [0, 0.1) is 11.3 Å². The van der Waals surface area contributed by atoms with Crippen LogP contribution in [0.2, 0.25) is 0 Å². The van der Waals surface area contributed by atoms with Gasteiger partial charge in [-0.25, -0.2) is 4.98 Å². The van der Waals surface area contributed by atoms with E-state index < -0.39 is 0 Å². The predicted molar refractivity (Wildman–Crippen MR) is 71.9 cm³/mol. The van der Waals surface area contributed by atoms with Crippen LogP contribution in [0.4, 0.5) is 0 Å². The Hall–Kier alpha value is -2.67. The van der Waals surface area contributed by atoms with E-state index in [1.165, 1.54) is 12.3 Å². The zero-order chi connectivity index (χ0) is 13.4. The van der Waals surface area contributed by atoms with Gasteiger partial charge in [-0.05, 0) is 24.1 Å². The summed E-state index contributed by atoms with van der Waals surface area (Å²) in [7, 11) is 0. The van der Waals surface area contributed by atoms with E-state index in [4.69, 9.17) is 9.68 Å². The molecule has 92 valence electrons. The Bertz CT molecular complexity index is 888. The number of aromatic nitrogens is 1. The van der Waals surface area contributed by atoms with Crippen molar-refractivity contribution in [3.8, 4) is 6.07 Å². The third-order valence-corrected chi connectivity index (χ3v) is 3.11. The van der Waals surface area contributed by atoms with Crippen molar-refractivity contribution in [2.45, 2.75) is 13.3 Å². The van der Waals surface area contributed by atoms with Gasteiger partial charge < -0.3 is 4.42 Å². The van der Waals surface area contributed by atoms with Gasteiger partial charge in [-0.15, -0.1) is 0 Å². The number of nitriles is 1. The van der Waals surface area contributed by atoms with Crippen LogP contribution in [0.1, 0.15) is 18.1 Å². The van der Waals surface area contributed by atoms with Crippen molar-refractivity contribution in [1.82, 2.24) is 4.98 Å². The van der Waals surface area contributed by atoms with Crippen LogP contribution >= 0.6 is 0 Å². The van der Waals surface area contributed by atoms with Crippen molar-refractivity contribution < 1.29 is 4.42 Å². The molecule has 0 aliphatic heterocycles. The van der Waals surface area contributed by atoms with Crippen LogP contribution < -0.4 is 5.43 Å². The normalized spacial score (nSPS) is 10.7. The van der Waals surface area contributed by atoms with E-state index in [0.717, 1.165) is 12.0 Å². The fourth-order valence-electron chi connectivity index (χ4n) is 2.06. The summed E-state index contributed by atoms with van der Waals surface area (Å²) in [6.45, 7) is 2.03. The number of hydrogen-bond donors (Lipinski definition) is 0. The highest BCUT2D eigenvalue weighted by atomic mass is 16.3. The number of fused-ring (bicyclic) bond motifs is 2. The second-order valence-electron chi connectivity index (χ2n) is 4.30. The predicted octanol–water partition coefficient (Wildman–Crippen LogP) is 2.78. The molecule has 4 heteroatoms. The maximum absolute atomic E-state index is 12.4. The van der Waals surface area contributed by atoms with Gasteiger partial charge in [0.05, 0.1) is 10.9 Å². The van der Waals surface area contributed by atoms with E-state index in [1.54, 1.807) is 6.07 Å². The van der Waals surface area contributed by atoms with Crippen molar-refractivity contribution in [3.05, 3.63) is 51.8 Å². The van der Waals surface area contributed by atoms with Crippen molar-refractivity contribution in [1.29, 1.82) is 5.26 Å². The molecule has 1 aromatic carbocycles. The number of aryl methyl sites for hydroxylation is 1. The molecule has 3 aromatic rings. The molecular weight excluding hydrogens is 240 g/mol. The maximum Gasteiger partial charge on any atom is 0.218 e. The highest BCUT2D eigenvalue weighted by Gasteiger charge is 2.09. The Morgan fingerprint density at radius 3 is 2.89 bits per heavy atom. The lowest BCUT2D eigenvalue weighted by molar-refractivity contribution is 0.658. The van der Waals surface area contributed by atoms with Gasteiger partial charge >= 0.3 is 0 Å². The topological polar surface area (TPSA) is 66.9 Å². The Morgan fingerprint density at radius 2 is 2.16 bits per heavy atom. The van der Waals surface area contributed by atoms with Crippen LogP contribution in [0.3, 0.4) is 0 Å². The van der Waals surface area contributed by atoms with Gasteiger partial charge in [-0.3, -0.25) is 4.79 Å². The summed E-state index contributed by atoms with van der Waals surface area (Å²) >= 11 is 0. The van der Waals surface area contributed by atoms with Gasteiger partial charge in [-0.2, -0.15) is 5.26 Å². The zero-order valence-corrected chi connectivity index (χ0v) is 10.3. The lowest BCUT2D eigenvalue weighted by Gasteiger charge is -2.02. The molecule has 19 heavy (non-hydrogen) atoms. The highest BCUT2D eigenvalue weighted by molar-refractivity contribution is 5.88. The Kier molecular flexibility index (Phi) is 2.53. The second-order valence-corrected chi connectivity index (χ2v) is 4.30. The number of rotatable bonds is 1. The van der Waals surface area contributed by atoms with Crippen molar-refractivity contribution in [3.63, 3.8) is 0 Å². The van der Waals surface area contributed by atoms with Crippen LogP contribution in [-0.2, 0) is 6.42 Å². The molecule has 0 spiro atoms. The number of pyridine rings is 1. The number of benzene rings is 1. The third kappa shape index (κ3) is 1.76.